The Morgan fingerprint density at radius 2 is 1.23 bits per heavy atom. The van der Waals surface area contributed by atoms with Crippen molar-refractivity contribution in [1.29, 1.82) is 10.5 Å². The Morgan fingerprint density at radius 3 is 1.46 bits per heavy atom. The Balaban J connectivity index is 3.85. The molecule has 0 N–H and O–H groups in total. The summed E-state index contributed by atoms with van der Waals surface area (Å²) in [5.41, 5.74) is -0.563. The van der Waals surface area contributed by atoms with Crippen LogP contribution in [0.4, 0.5) is 0 Å². The van der Waals surface area contributed by atoms with Crippen LogP contribution in [0.2, 0.25) is 0 Å². The molecule has 3 heteroatoms. The van der Waals surface area contributed by atoms with E-state index in [4.69, 9.17) is 10.5 Å². The molecule has 0 spiro atoms. The van der Waals surface area contributed by atoms with Gasteiger partial charge in [0.05, 0.1) is 23.0 Å². The molecular formula is C10H16N2S. The van der Waals surface area contributed by atoms with Gasteiger partial charge in [0.15, 0.2) is 0 Å². The Kier molecular flexibility index (Phi) is 4.30. The largest absolute Gasteiger partial charge is 0.198 e. The van der Waals surface area contributed by atoms with Crippen molar-refractivity contribution in [2.75, 3.05) is 11.5 Å². The molecule has 0 rings (SSSR count). The summed E-state index contributed by atoms with van der Waals surface area (Å²) < 4.78 is 0. The van der Waals surface area contributed by atoms with Crippen LogP contribution in [0, 0.1) is 33.5 Å². The first-order valence-corrected chi connectivity index (χ1v) is 5.39. The molecule has 0 radical (unpaired) electrons. The molecule has 0 aromatic carbocycles. The third-order valence-electron chi connectivity index (χ3n) is 1.53. The standard InChI is InChI=1S/C10H16N2S/c1-9(2,5-11)7-13-8-10(3,4)6-12/h7-8H2,1-4H3. The Bertz CT molecular complexity index is 217. The van der Waals surface area contributed by atoms with Crippen molar-refractivity contribution in [1.82, 2.24) is 0 Å². The second-order valence-corrected chi connectivity index (χ2v) is 5.47. The number of nitriles is 2. The van der Waals surface area contributed by atoms with E-state index >= 15 is 0 Å². The number of rotatable bonds is 4. The maximum atomic E-state index is 8.75. The van der Waals surface area contributed by atoms with Gasteiger partial charge in [-0.05, 0) is 27.7 Å². The lowest BCUT2D eigenvalue weighted by Gasteiger charge is -2.18. The minimum Gasteiger partial charge on any atom is -0.198 e. The molecule has 0 saturated heterocycles. The van der Waals surface area contributed by atoms with Gasteiger partial charge in [0.2, 0.25) is 0 Å². The lowest BCUT2D eigenvalue weighted by atomic mass is 9.99. The summed E-state index contributed by atoms with van der Waals surface area (Å²) in [5, 5.41) is 17.5. The fraction of sp³-hybridized carbons (Fsp3) is 0.800. The van der Waals surface area contributed by atoms with Crippen molar-refractivity contribution >= 4 is 11.8 Å². The van der Waals surface area contributed by atoms with Crippen LogP contribution in [-0.4, -0.2) is 11.5 Å². The third-order valence-corrected chi connectivity index (χ3v) is 3.38. The van der Waals surface area contributed by atoms with Gasteiger partial charge >= 0.3 is 0 Å². The first-order chi connectivity index (χ1) is 5.83. The van der Waals surface area contributed by atoms with Crippen molar-refractivity contribution in [3.05, 3.63) is 0 Å². The summed E-state index contributed by atoms with van der Waals surface area (Å²) in [6.45, 7) is 7.66. The Hall–Kier alpha value is -0.670. The van der Waals surface area contributed by atoms with Crippen LogP contribution in [0.15, 0.2) is 0 Å². The summed E-state index contributed by atoms with van der Waals surface area (Å²) in [6.07, 6.45) is 0. The van der Waals surface area contributed by atoms with E-state index in [2.05, 4.69) is 12.1 Å². The summed E-state index contributed by atoms with van der Waals surface area (Å²) >= 11 is 1.67. The number of nitrogens with zero attached hydrogens (tertiary/aromatic N) is 2. The Labute approximate surface area is 84.9 Å². The molecule has 0 amide bonds. The van der Waals surface area contributed by atoms with E-state index in [1.165, 1.54) is 0 Å². The monoisotopic (exact) mass is 196 g/mol. The summed E-state index contributed by atoms with van der Waals surface area (Å²) in [7, 11) is 0. The molecule has 0 bridgehead atoms. The van der Waals surface area contributed by atoms with Gasteiger partial charge in [-0.3, -0.25) is 0 Å². The zero-order valence-electron chi connectivity index (χ0n) is 8.72. The predicted molar refractivity (Wildman–Crippen MR) is 56.1 cm³/mol. The number of hydrogen-bond donors (Lipinski definition) is 0. The van der Waals surface area contributed by atoms with Crippen molar-refractivity contribution < 1.29 is 0 Å². The van der Waals surface area contributed by atoms with E-state index in [1.807, 2.05) is 27.7 Å². The second kappa shape index (κ2) is 4.53. The fourth-order valence-electron chi connectivity index (χ4n) is 0.626. The summed E-state index contributed by atoms with van der Waals surface area (Å²) in [5.74, 6) is 1.57. The van der Waals surface area contributed by atoms with Gasteiger partial charge in [-0.1, -0.05) is 0 Å². The highest BCUT2D eigenvalue weighted by molar-refractivity contribution is 7.99. The fourth-order valence-corrected chi connectivity index (χ4v) is 1.88. The lowest BCUT2D eigenvalue weighted by molar-refractivity contribution is 0.557. The van der Waals surface area contributed by atoms with E-state index in [-0.39, 0.29) is 10.8 Å². The van der Waals surface area contributed by atoms with E-state index in [0.29, 0.717) is 0 Å². The smallest absolute Gasteiger partial charge is 0.0692 e. The molecule has 0 saturated carbocycles. The molecule has 0 fully saturated rings. The van der Waals surface area contributed by atoms with E-state index in [1.54, 1.807) is 11.8 Å². The molecule has 72 valence electrons. The van der Waals surface area contributed by atoms with Crippen molar-refractivity contribution in [2.45, 2.75) is 27.7 Å². The van der Waals surface area contributed by atoms with Gasteiger partial charge in [-0.2, -0.15) is 22.3 Å². The van der Waals surface area contributed by atoms with Gasteiger partial charge in [-0.25, -0.2) is 0 Å². The topological polar surface area (TPSA) is 47.6 Å². The quantitative estimate of drug-likeness (QED) is 0.694. The number of thioether (sulfide) groups is 1. The average Bonchev–Trinajstić information content (AvgIpc) is 2.04. The van der Waals surface area contributed by atoms with E-state index in [0.717, 1.165) is 11.5 Å². The maximum absolute atomic E-state index is 8.75. The van der Waals surface area contributed by atoms with Crippen LogP contribution < -0.4 is 0 Å². The molecule has 0 aromatic heterocycles. The van der Waals surface area contributed by atoms with E-state index in [9.17, 15) is 0 Å². The first-order valence-electron chi connectivity index (χ1n) is 4.23. The predicted octanol–water partition coefficient (Wildman–Crippen LogP) is 2.82. The normalized spacial score (nSPS) is 11.8. The molecule has 0 aliphatic carbocycles. The minimum absolute atomic E-state index is 0.282. The lowest BCUT2D eigenvalue weighted by Crippen LogP contribution is -2.16. The maximum Gasteiger partial charge on any atom is 0.0692 e. The van der Waals surface area contributed by atoms with Crippen LogP contribution in [0.1, 0.15) is 27.7 Å². The molecule has 0 aromatic rings. The van der Waals surface area contributed by atoms with Crippen LogP contribution in [-0.2, 0) is 0 Å². The summed E-state index contributed by atoms with van der Waals surface area (Å²) in [6, 6.07) is 4.48. The van der Waals surface area contributed by atoms with Crippen LogP contribution in [0.5, 0.6) is 0 Å². The highest BCUT2D eigenvalue weighted by Gasteiger charge is 2.21. The SMILES string of the molecule is CC(C)(C#N)CSCC(C)(C)C#N. The minimum atomic E-state index is -0.282. The highest BCUT2D eigenvalue weighted by Crippen LogP contribution is 2.26. The van der Waals surface area contributed by atoms with Gasteiger partial charge < -0.3 is 0 Å². The Morgan fingerprint density at radius 1 is 0.923 bits per heavy atom. The second-order valence-electron chi connectivity index (χ2n) is 4.48. The molecule has 0 heterocycles. The van der Waals surface area contributed by atoms with Crippen LogP contribution in [0.25, 0.3) is 0 Å². The number of hydrogen-bond acceptors (Lipinski definition) is 3. The van der Waals surface area contributed by atoms with Crippen molar-refractivity contribution in [3.63, 3.8) is 0 Å². The molecular weight excluding hydrogens is 180 g/mol. The van der Waals surface area contributed by atoms with Gasteiger partial charge in [0.25, 0.3) is 0 Å². The molecule has 13 heavy (non-hydrogen) atoms. The zero-order chi connectivity index (χ0) is 10.5. The molecule has 0 unspecified atom stereocenters. The van der Waals surface area contributed by atoms with Crippen LogP contribution in [0.3, 0.4) is 0 Å². The zero-order valence-corrected chi connectivity index (χ0v) is 9.53. The van der Waals surface area contributed by atoms with E-state index < -0.39 is 0 Å². The van der Waals surface area contributed by atoms with Gasteiger partial charge in [0.1, 0.15) is 0 Å². The van der Waals surface area contributed by atoms with Crippen molar-refractivity contribution in [2.24, 2.45) is 10.8 Å². The summed E-state index contributed by atoms with van der Waals surface area (Å²) in [4.78, 5) is 0. The molecule has 2 nitrogen and oxygen atoms in total. The molecule has 0 aliphatic heterocycles. The average molecular weight is 196 g/mol. The molecule has 0 aliphatic rings. The van der Waals surface area contributed by atoms with Crippen LogP contribution >= 0.6 is 11.8 Å². The van der Waals surface area contributed by atoms with Crippen molar-refractivity contribution in [3.8, 4) is 12.1 Å². The van der Waals surface area contributed by atoms with Gasteiger partial charge in [0, 0.05) is 11.5 Å². The third kappa shape index (κ3) is 5.55. The van der Waals surface area contributed by atoms with Gasteiger partial charge in [-0.15, -0.1) is 0 Å². The highest BCUT2D eigenvalue weighted by atomic mass is 32.2. The molecule has 0 atom stereocenters. The first kappa shape index (κ1) is 12.3.